The van der Waals surface area contributed by atoms with Crippen LogP contribution in [0.4, 0.5) is 0 Å². The van der Waals surface area contributed by atoms with Gasteiger partial charge in [0.15, 0.2) is 6.10 Å². The smallest absolute Gasteiger partial charge is 0.361 e. The summed E-state index contributed by atoms with van der Waals surface area (Å²) in [6.07, 6.45) is 89.8. The van der Waals surface area contributed by atoms with Gasteiger partial charge in [0, 0.05) is 12.8 Å². The first-order chi connectivity index (χ1) is 43.6. The van der Waals surface area contributed by atoms with Crippen molar-refractivity contribution in [3.05, 3.63) is 48.6 Å². The molecule has 2 unspecified atom stereocenters. The van der Waals surface area contributed by atoms with Gasteiger partial charge < -0.3 is 28.5 Å². The van der Waals surface area contributed by atoms with Gasteiger partial charge >= 0.3 is 17.9 Å². The second-order valence-corrected chi connectivity index (χ2v) is 27.7. The number of aliphatic carboxylic acids is 1. The Kier molecular flexibility index (Phi) is 68.9. The first kappa shape index (κ1) is 86.2. The van der Waals surface area contributed by atoms with E-state index in [1.165, 1.54) is 295 Å². The summed E-state index contributed by atoms with van der Waals surface area (Å²) in [4.78, 5) is 37.7. The number of rotatable bonds is 73. The van der Waals surface area contributed by atoms with Crippen LogP contribution in [0.5, 0.6) is 0 Å². The number of nitrogens with zero attached hydrogens (tertiary/aromatic N) is 1. The van der Waals surface area contributed by atoms with Gasteiger partial charge in [0.2, 0.25) is 0 Å². The Balaban J connectivity index is 3.99. The van der Waals surface area contributed by atoms with E-state index in [0.717, 1.165) is 64.2 Å². The maximum Gasteiger partial charge on any atom is 0.361 e. The molecule has 0 amide bonds. The van der Waals surface area contributed by atoms with Gasteiger partial charge in [0.1, 0.15) is 13.2 Å². The molecule has 0 rings (SSSR count). The number of carboxylic acids is 1. The normalized spacial score (nSPS) is 12.9. The molecule has 0 heterocycles. The molecular weight excluding hydrogens is 1100 g/mol. The summed E-state index contributed by atoms with van der Waals surface area (Å²) < 4.78 is 23.1. The predicted molar refractivity (Wildman–Crippen MR) is 383 cm³/mol. The second kappa shape index (κ2) is 71.1. The summed E-state index contributed by atoms with van der Waals surface area (Å²) in [6.45, 7) is 4.84. The number of carbonyl (C=O) groups excluding carboxylic acids is 2. The third kappa shape index (κ3) is 72.5. The number of likely N-dealkylation sites (N-methyl/N-ethyl adjacent to an activating group) is 1. The predicted octanol–water partition coefficient (Wildman–Crippen LogP) is 24.5. The fourth-order valence-electron chi connectivity index (χ4n) is 11.7. The van der Waals surface area contributed by atoms with Crippen LogP contribution in [-0.4, -0.2) is 87.4 Å². The number of quaternary nitrogens is 1. The SMILES string of the molecule is CC/C=C\C/C=C\C/C=C\C/C=C\CCCCCCCCCCCCCCCCCCCCCCCCC(=O)OC(COC(=O)CCCCCCCCCCCCCCCCCCCCCCCCCCCCCCC)COC(OCC[N+](C)(C)C)C(=O)O. The summed E-state index contributed by atoms with van der Waals surface area (Å²) in [5.41, 5.74) is 0. The number of hydrogen-bond donors (Lipinski definition) is 1. The number of ether oxygens (including phenoxy) is 4. The molecule has 0 bridgehead atoms. The van der Waals surface area contributed by atoms with Gasteiger partial charge in [-0.25, -0.2) is 4.79 Å². The lowest BCUT2D eigenvalue weighted by Crippen LogP contribution is -2.40. The van der Waals surface area contributed by atoms with Gasteiger partial charge in [-0.05, 0) is 51.4 Å². The monoisotopic (exact) mass is 1250 g/mol. The molecule has 9 heteroatoms. The van der Waals surface area contributed by atoms with Gasteiger partial charge in [0.25, 0.3) is 6.29 Å². The first-order valence-corrected chi connectivity index (χ1v) is 38.8. The van der Waals surface area contributed by atoms with Crippen molar-refractivity contribution >= 4 is 17.9 Å². The Morgan fingerprint density at radius 3 is 0.955 bits per heavy atom. The number of carbonyl (C=O) groups is 3. The minimum Gasteiger partial charge on any atom is -0.477 e. The molecule has 89 heavy (non-hydrogen) atoms. The number of esters is 2. The Bertz CT molecular complexity index is 1600. The van der Waals surface area contributed by atoms with E-state index in [1.807, 2.05) is 21.1 Å². The average Bonchev–Trinajstić information content (AvgIpc) is 3.64. The summed E-state index contributed by atoms with van der Waals surface area (Å²) >= 11 is 0. The molecule has 0 radical (unpaired) electrons. The first-order valence-electron chi connectivity index (χ1n) is 38.8. The van der Waals surface area contributed by atoms with Crippen LogP contribution < -0.4 is 0 Å². The Hall–Kier alpha value is -2.75. The van der Waals surface area contributed by atoms with E-state index in [0.29, 0.717) is 17.4 Å². The maximum atomic E-state index is 13.0. The topological polar surface area (TPSA) is 108 Å². The molecule has 0 aromatic carbocycles. The lowest BCUT2D eigenvalue weighted by molar-refractivity contribution is -0.870. The quantitative estimate of drug-likeness (QED) is 0.0211. The summed E-state index contributed by atoms with van der Waals surface area (Å²) in [5.74, 6) is -1.97. The summed E-state index contributed by atoms with van der Waals surface area (Å²) in [6, 6.07) is 0. The van der Waals surface area contributed by atoms with Crippen molar-refractivity contribution in [3.63, 3.8) is 0 Å². The Morgan fingerprint density at radius 1 is 0.348 bits per heavy atom. The average molecular weight is 1250 g/mol. The molecule has 0 fully saturated rings. The van der Waals surface area contributed by atoms with E-state index < -0.39 is 18.4 Å². The van der Waals surface area contributed by atoms with E-state index in [-0.39, 0.29) is 38.2 Å². The minimum atomic E-state index is -1.51. The fourth-order valence-corrected chi connectivity index (χ4v) is 11.7. The molecule has 0 aliphatic carbocycles. The number of hydrogen-bond acceptors (Lipinski definition) is 7. The second-order valence-electron chi connectivity index (χ2n) is 27.7. The van der Waals surface area contributed by atoms with E-state index in [9.17, 15) is 19.5 Å². The molecular formula is C80H150NO8+. The standard InChI is InChI=1S/C80H149NO8/c1-6-8-10-12-14-16-18-20-22-24-26-28-30-32-34-36-37-38-39-40-41-43-45-47-49-51-53-55-57-59-61-63-65-67-69-71-78(83)89-76(75-88-80(79(84)85)86-73-72-81(3,4)5)74-87-77(82)70-68-66-64-62-60-58-56-54-52-50-48-46-44-42-35-33-31-29-27-25-23-21-19-17-15-13-11-9-7-2/h8,10,14,16,20,22,26,28,76,80H,6-7,9,11-13,15,17-19,21,23-25,27,29-75H2,1-5H3/p+1/b10-8-,16-14-,22-20-,28-26-. The van der Waals surface area contributed by atoms with E-state index in [1.54, 1.807) is 0 Å². The molecule has 1 N–H and O–H groups in total. The van der Waals surface area contributed by atoms with Crippen molar-refractivity contribution in [2.45, 2.75) is 399 Å². The van der Waals surface area contributed by atoms with Crippen molar-refractivity contribution in [2.75, 3.05) is 47.5 Å². The molecule has 0 aliphatic rings. The molecule has 9 nitrogen and oxygen atoms in total. The van der Waals surface area contributed by atoms with Gasteiger partial charge in [-0.3, -0.25) is 9.59 Å². The zero-order valence-corrected chi connectivity index (χ0v) is 59.9. The summed E-state index contributed by atoms with van der Waals surface area (Å²) in [5, 5.41) is 9.77. The van der Waals surface area contributed by atoms with Crippen molar-refractivity contribution in [1.29, 1.82) is 0 Å². The van der Waals surface area contributed by atoms with Crippen molar-refractivity contribution < 1.29 is 42.9 Å². The molecule has 0 aromatic rings. The van der Waals surface area contributed by atoms with Crippen LogP contribution in [0.25, 0.3) is 0 Å². The fraction of sp³-hybridized carbons (Fsp3) is 0.863. The third-order valence-electron chi connectivity index (χ3n) is 17.6. The minimum absolute atomic E-state index is 0.175. The maximum absolute atomic E-state index is 13.0. The van der Waals surface area contributed by atoms with Gasteiger partial charge in [-0.1, -0.05) is 371 Å². The van der Waals surface area contributed by atoms with Crippen LogP contribution in [0.1, 0.15) is 386 Å². The Labute approximate surface area is 553 Å². The van der Waals surface area contributed by atoms with E-state index >= 15 is 0 Å². The highest BCUT2D eigenvalue weighted by atomic mass is 16.7. The lowest BCUT2D eigenvalue weighted by atomic mass is 10.0. The molecule has 0 saturated carbocycles. The zero-order valence-electron chi connectivity index (χ0n) is 59.9. The molecule has 0 spiro atoms. The Morgan fingerprint density at radius 2 is 0.640 bits per heavy atom. The van der Waals surface area contributed by atoms with E-state index in [2.05, 4.69) is 62.5 Å². The number of allylic oxidation sites excluding steroid dienone is 8. The number of unbranched alkanes of at least 4 members (excludes halogenated alkanes) is 50. The third-order valence-corrected chi connectivity index (χ3v) is 17.6. The van der Waals surface area contributed by atoms with Crippen molar-refractivity contribution in [2.24, 2.45) is 0 Å². The van der Waals surface area contributed by atoms with Gasteiger partial charge in [-0.2, -0.15) is 0 Å². The van der Waals surface area contributed by atoms with Crippen LogP contribution in [-0.2, 0) is 33.3 Å². The highest BCUT2D eigenvalue weighted by molar-refractivity contribution is 5.71. The molecule has 522 valence electrons. The highest BCUT2D eigenvalue weighted by Gasteiger charge is 2.25. The van der Waals surface area contributed by atoms with Gasteiger partial charge in [0.05, 0.1) is 34.4 Å². The van der Waals surface area contributed by atoms with Crippen LogP contribution >= 0.6 is 0 Å². The lowest BCUT2D eigenvalue weighted by Gasteiger charge is -2.25. The molecule has 0 aromatic heterocycles. The van der Waals surface area contributed by atoms with Crippen LogP contribution in [0.15, 0.2) is 48.6 Å². The molecule has 2 atom stereocenters. The number of carboxylic acid groups (broad SMARTS) is 1. The largest absolute Gasteiger partial charge is 0.477 e. The van der Waals surface area contributed by atoms with Crippen molar-refractivity contribution in [3.8, 4) is 0 Å². The molecule has 0 saturated heterocycles. The van der Waals surface area contributed by atoms with Crippen LogP contribution in [0, 0.1) is 0 Å². The van der Waals surface area contributed by atoms with Crippen LogP contribution in [0.3, 0.4) is 0 Å². The van der Waals surface area contributed by atoms with Crippen LogP contribution in [0.2, 0.25) is 0 Å². The molecule has 0 aliphatic heterocycles. The van der Waals surface area contributed by atoms with E-state index in [4.69, 9.17) is 18.9 Å². The zero-order chi connectivity index (χ0) is 64.7. The van der Waals surface area contributed by atoms with Gasteiger partial charge in [-0.15, -0.1) is 0 Å². The summed E-state index contributed by atoms with van der Waals surface area (Å²) in [7, 11) is 6.00. The highest BCUT2D eigenvalue weighted by Crippen LogP contribution is 2.20. The van der Waals surface area contributed by atoms with Crippen molar-refractivity contribution in [1.82, 2.24) is 0 Å².